The molecular formula is C23H32FN5O4S. The molecule has 0 atom stereocenters. The number of benzene rings is 1. The van der Waals surface area contributed by atoms with Gasteiger partial charge in [-0.2, -0.15) is 0 Å². The fraction of sp³-hybridized carbons (Fsp3) is 0.522. The number of halogens is 1. The molecule has 2 heterocycles. The zero-order valence-corrected chi connectivity index (χ0v) is 20.6. The molecule has 1 aromatic heterocycles. The van der Waals surface area contributed by atoms with Crippen molar-refractivity contribution in [3.8, 4) is 0 Å². The lowest BCUT2D eigenvalue weighted by molar-refractivity contribution is 0.0789. The van der Waals surface area contributed by atoms with Gasteiger partial charge in [-0.05, 0) is 49.4 Å². The summed E-state index contributed by atoms with van der Waals surface area (Å²) >= 11 is 0. The molecule has 0 unspecified atom stereocenters. The van der Waals surface area contributed by atoms with E-state index in [1.54, 1.807) is 11.0 Å². The van der Waals surface area contributed by atoms with E-state index in [1.807, 2.05) is 13.8 Å². The van der Waals surface area contributed by atoms with Crippen LogP contribution in [0.25, 0.3) is 0 Å². The van der Waals surface area contributed by atoms with Crippen LogP contribution in [0.15, 0.2) is 35.5 Å². The number of carbonyl (C=O) groups excluding carboxylic acids is 1. The van der Waals surface area contributed by atoms with Crippen molar-refractivity contribution >= 4 is 27.4 Å². The van der Waals surface area contributed by atoms with Crippen LogP contribution in [0, 0.1) is 17.7 Å². The van der Waals surface area contributed by atoms with Gasteiger partial charge in [0.15, 0.2) is 9.84 Å². The lowest BCUT2D eigenvalue weighted by Gasteiger charge is -2.31. The number of hydrogen-bond acceptors (Lipinski definition) is 8. The monoisotopic (exact) mass is 493 g/mol. The van der Waals surface area contributed by atoms with Crippen molar-refractivity contribution in [2.24, 2.45) is 11.8 Å². The van der Waals surface area contributed by atoms with Crippen LogP contribution in [-0.2, 0) is 21.1 Å². The maximum atomic E-state index is 14.3. The van der Waals surface area contributed by atoms with Crippen molar-refractivity contribution in [2.75, 3.05) is 37.8 Å². The van der Waals surface area contributed by atoms with Crippen molar-refractivity contribution in [1.82, 2.24) is 20.2 Å². The van der Waals surface area contributed by atoms with Gasteiger partial charge in [-0.25, -0.2) is 27.6 Å². The second-order valence-corrected chi connectivity index (χ2v) is 11.0. The predicted octanol–water partition coefficient (Wildman–Crippen LogP) is 3.36. The second kappa shape index (κ2) is 11.6. The Morgan fingerprint density at radius 1 is 1.24 bits per heavy atom. The number of amides is 1. The molecule has 2 N–H and O–H groups in total. The molecule has 0 radical (unpaired) electrons. The summed E-state index contributed by atoms with van der Waals surface area (Å²) in [5.74, 6) is 0.505. The van der Waals surface area contributed by atoms with Crippen LogP contribution in [0.5, 0.6) is 0 Å². The van der Waals surface area contributed by atoms with E-state index in [0.29, 0.717) is 43.9 Å². The fourth-order valence-corrected chi connectivity index (χ4v) is 4.21. The molecule has 0 aliphatic carbocycles. The molecule has 9 nitrogen and oxygen atoms in total. The highest BCUT2D eigenvalue weighted by atomic mass is 32.2. The Bertz CT molecular complexity index is 1090. The van der Waals surface area contributed by atoms with E-state index in [9.17, 15) is 17.6 Å². The van der Waals surface area contributed by atoms with Gasteiger partial charge in [0.2, 0.25) is 0 Å². The Balaban J connectivity index is 1.45. The normalized spacial score (nSPS) is 14.9. The summed E-state index contributed by atoms with van der Waals surface area (Å²) in [6.45, 7) is 7.15. The molecule has 0 saturated carbocycles. The van der Waals surface area contributed by atoms with Gasteiger partial charge < -0.3 is 20.3 Å². The molecule has 3 rings (SSSR count). The highest BCUT2D eigenvalue weighted by Crippen LogP contribution is 2.22. The number of piperidine rings is 1. The van der Waals surface area contributed by atoms with Crippen LogP contribution >= 0.6 is 0 Å². The van der Waals surface area contributed by atoms with E-state index in [0.717, 1.165) is 37.4 Å². The lowest BCUT2D eigenvalue weighted by Crippen LogP contribution is -2.41. The molecule has 1 saturated heterocycles. The largest absolute Gasteiger partial charge is 0.449 e. The van der Waals surface area contributed by atoms with Crippen LogP contribution in [0.4, 0.5) is 20.7 Å². The molecule has 1 fully saturated rings. The maximum absolute atomic E-state index is 14.3. The van der Waals surface area contributed by atoms with Crippen molar-refractivity contribution in [1.29, 1.82) is 0 Å². The summed E-state index contributed by atoms with van der Waals surface area (Å²) in [4.78, 5) is 22.1. The second-order valence-electron chi connectivity index (χ2n) is 8.97. The zero-order valence-electron chi connectivity index (χ0n) is 19.8. The first-order valence-electron chi connectivity index (χ1n) is 11.3. The Hall–Kier alpha value is -2.79. The summed E-state index contributed by atoms with van der Waals surface area (Å²) in [6.07, 6.45) is 4.00. The number of sulfone groups is 1. The molecule has 1 aromatic carbocycles. The highest BCUT2D eigenvalue weighted by Gasteiger charge is 2.23. The minimum absolute atomic E-state index is 0.0820. The lowest BCUT2D eigenvalue weighted by atomic mass is 9.97. The third kappa shape index (κ3) is 7.63. The summed E-state index contributed by atoms with van der Waals surface area (Å²) in [5.41, 5.74) is 0.865. The third-order valence-corrected chi connectivity index (χ3v) is 6.62. The molecule has 0 spiro atoms. The van der Waals surface area contributed by atoms with Crippen molar-refractivity contribution in [2.45, 2.75) is 38.1 Å². The molecular weight excluding hydrogens is 461 g/mol. The number of hydrogen-bond donors (Lipinski definition) is 2. The van der Waals surface area contributed by atoms with Gasteiger partial charge in [-0.15, -0.1) is 0 Å². The minimum atomic E-state index is -3.48. The number of rotatable bonds is 9. The Morgan fingerprint density at radius 3 is 2.62 bits per heavy atom. The van der Waals surface area contributed by atoms with Gasteiger partial charge in [0.1, 0.15) is 18.0 Å². The standard InChI is InChI=1S/C23H32FN5O4S/c1-16(2)14-33-23(30)29-8-6-17(7-9-29)12-25-13-18-10-22(27-15-26-18)28-21-5-4-19(11-20(21)24)34(3,31)32/h4-5,10-11,15-17,25H,6-9,12-14H2,1-3H3,(H,26,27,28). The van der Waals surface area contributed by atoms with Gasteiger partial charge >= 0.3 is 6.09 Å². The summed E-state index contributed by atoms with van der Waals surface area (Å²) in [5, 5.41) is 6.25. The van der Waals surface area contributed by atoms with Crippen molar-refractivity contribution in [3.63, 3.8) is 0 Å². The first kappa shape index (κ1) is 25.8. The topological polar surface area (TPSA) is 114 Å². The first-order valence-corrected chi connectivity index (χ1v) is 13.2. The predicted molar refractivity (Wildman–Crippen MR) is 127 cm³/mol. The van der Waals surface area contributed by atoms with Crippen LogP contribution in [0.1, 0.15) is 32.4 Å². The molecule has 1 aliphatic heterocycles. The number of ether oxygens (including phenoxy) is 1. The van der Waals surface area contributed by atoms with E-state index in [-0.39, 0.29) is 16.7 Å². The summed E-state index contributed by atoms with van der Waals surface area (Å²) in [7, 11) is -3.48. The minimum Gasteiger partial charge on any atom is -0.449 e. The smallest absolute Gasteiger partial charge is 0.409 e. The Labute approximate surface area is 200 Å². The van der Waals surface area contributed by atoms with Crippen molar-refractivity contribution in [3.05, 3.63) is 42.1 Å². The van der Waals surface area contributed by atoms with Gasteiger partial charge in [0, 0.05) is 32.0 Å². The SMILES string of the molecule is CC(C)COC(=O)N1CCC(CNCc2cc(Nc3ccc(S(C)(=O)=O)cc3F)ncn2)CC1. The Kier molecular flexibility index (Phi) is 8.78. The van der Waals surface area contributed by atoms with Crippen LogP contribution < -0.4 is 10.6 Å². The van der Waals surface area contributed by atoms with Gasteiger partial charge in [0.05, 0.1) is 22.9 Å². The number of anilines is 2. The number of carbonyl (C=O) groups is 1. The average molecular weight is 494 g/mol. The van der Waals surface area contributed by atoms with Crippen LogP contribution in [-0.4, -0.2) is 61.9 Å². The molecule has 34 heavy (non-hydrogen) atoms. The van der Waals surface area contributed by atoms with E-state index in [2.05, 4.69) is 20.6 Å². The zero-order chi connectivity index (χ0) is 24.7. The van der Waals surface area contributed by atoms with E-state index in [1.165, 1.54) is 18.5 Å². The molecule has 2 aromatic rings. The quantitative estimate of drug-likeness (QED) is 0.547. The van der Waals surface area contributed by atoms with Crippen LogP contribution in [0.3, 0.4) is 0 Å². The van der Waals surface area contributed by atoms with Crippen LogP contribution in [0.2, 0.25) is 0 Å². The molecule has 0 bridgehead atoms. The maximum Gasteiger partial charge on any atom is 0.409 e. The number of nitrogens with zero attached hydrogens (tertiary/aromatic N) is 3. The van der Waals surface area contributed by atoms with E-state index in [4.69, 9.17) is 4.74 Å². The summed E-state index contributed by atoms with van der Waals surface area (Å²) < 4.78 is 42.8. The number of nitrogens with one attached hydrogen (secondary N) is 2. The first-order chi connectivity index (χ1) is 16.1. The van der Waals surface area contributed by atoms with E-state index < -0.39 is 15.7 Å². The molecule has 11 heteroatoms. The Morgan fingerprint density at radius 2 is 1.97 bits per heavy atom. The molecule has 186 valence electrons. The number of aromatic nitrogens is 2. The van der Waals surface area contributed by atoms with E-state index >= 15 is 0 Å². The summed E-state index contributed by atoms with van der Waals surface area (Å²) in [6, 6.07) is 5.41. The average Bonchev–Trinajstić information content (AvgIpc) is 2.79. The third-order valence-electron chi connectivity index (χ3n) is 5.51. The van der Waals surface area contributed by atoms with Gasteiger partial charge in [-0.1, -0.05) is 13.8 Å². The van der Waals surface area contributed by atoms with Crippen molar-refractivity contribution < 1.29 is 22.3 Å². The number of likely N-dealkylation sites (tertiary alicyclic amines) is 1. The fourth-order valence-electron chi connectivity index (χ4n) is 3.58. The molecule has 1 aliphatic rings. The highest BCUT2D eigenvalue weighted by molar-refractivity contribution is 7.90. The molecule has 1 amide bonds. The van der Waals surface area contributed by atoms with Gasteiger partial charge in [-0.3, -0.25) is 0 Å². The van der Waals surface area contributed by atoms with Gasteiger partial charge in [0.25, 0.3) is 0 Å².